The lowest BCUT2D eigenvalue weighted by Crippen LogP contribution is -1.99. The van der Waals surface area contributed by atoms with E-state index in [1.165, 1.54) is 6.92 Å². The molecule has 0 N–H and O–H groups in total. The number of furan rings is 1. The van der Waals surface area contributed by atoms with E-state index in [0.717, 1.165) is 27.8 Å². The number of hydrogen-bond acceptors (Lipinski definition) is 4. The monoisotopic (exact) mass is 457 g/mol. The summed E-state index contributed by atoms with van der Waals surface area (Å²) in [5.74, 6) is 1.14. The topological polar surface area (TPSA) is 63.2 Å². The SMILES string of the molecule is COc1ccc(-c2c(C#N)c(-c3ccccc3)c(-c3ccccc3)c3oc(C)c(C(C)=O)c23)cc1. The molecule has 5 aromatic rings. The molecule has 0 spiro atoms. The van der Waals surface area contributed by atoms with Crippen molar-refractivity contribution in [2.24, 2.45) is 0 Å². The molecule has 0 radical (unpaired) electrons. The van der Waals surface area contributed by atoms with Gasteiger partial charge in [0.25, 0.3) is 0 Å². The van der Waals surface area contributed by atoms with Gasteiger partial charge in [-0.2, -0.15) is 5.26 Å². The zero-order chi connectivity index (χ0) is 24.5. The molecule has 1 aromatic heterocycles. The van der Waals surface area contributed by atoms with Gasteiger partial charge in [-0.1, -0.05) is 72.8 Å². The van der Waals surface area contributed by atoms with Gasteiger partial charge in [0, 0.05) is 22.1 Å². The molecule has 0 bridgehead atoms. The van der Waals surface area contributed by atoms with Gasteiger partial charge in [-0.25, -0.2) is 0 Å². The van der Waals surface area contributed by atoms with Crippen LogP contribution in [-0.2, 0) is 0 Å². The first-order valence-corrected chi connectivity index (χ1v) is 11.3. The van der Waals surface area contributed by atoms with Crippen molar-refractivity contribution in [1.82, 2.24) is 0 Å². The Labute approximate surface area is 204 Å². The number of ketones is 1. The van der Waals surface area contributed by atoms with Crippen LogP contribution >= 0.6 is 0 Å². The molecule has 4 nitrogen and oxygen atoms in total. The molecule has 0 aliphatic carbocycles. The summed E-state index contributed by atoms with van der Waals surface area (Å²) in [7, 11) is 1.61. The van der Waals surface area contributed by atoms with E-state index in [-0.39, 0.29) is 5.78 Å². The number of nitrogens with zero attached hydrogens (tertiary/aromatic N) is 1. The van der Waals surface area contributed by atoms with Crippen LogP contribution in [0.1, 0.15) is 28.6 Å². The minimum Gasteiger partial charge on any atom is -0.497 e. The average molecular weight is 458 g/mol. The molecular weight excluding hydrogens is 434 g/mol. The number of benzene rings is 4. The zero-order valence-corrected chi connectivity index (χ0v) is 19.8. The van der Waals surface area contributed by atoms with E-state index in [4.69, 9.17) is 9.15 Å². The quantitative estimate of drug-likeness (QED) is 0.252. The molecule has 1 heterocycles. The largest absolute Gasteiger partial charge is 0.497 e. The highest BCUT2D eigenvalue weighted by Crippen LogP contribution is 2.49. The van der Waals surface area contributed by atoms with Crippen LogP contribution in [0.15, 0.2) is 89.3 Å². The van der Waals surface area contributed by atoms with E-state index >= 15 is 0 Å². The van der Waals surface area contributed by atoms with Crippen molar-refractivity contribution in [1.29, 1.82) is 5.26 Å². The number of carbonyl (C=O) groups is 1. The number of methoxy groups -OCH3 is 1. The van der Waals surface area contributed by atoms with E-state index in [2.05, 4.69) is 6.07 Å². The van der Waals surface area contributed by atoms with Gasteiger partial charge in [0.2, 0.25) is 0 Å². The first kappa shape index (κ1) is 22.2. The summed E-state index contributed by atoms with van der Waals surface area (Å²) < 4.78 is 11.7. The van der Waals surface area contributed by atoms with Crippen molar-refractivity contribution in [2.45, 2.75) is 13.8 Å². The number of ether oxygens (including phenoxy) is 1. The standard InChI is InChI=1S/C31H23NO3/c1-19(33)26-20(2)35-31-29(22-12-8-5-9-13-22)27(21-10-6-4-7-11-21)25(18-32)28(30(26)31)23-14-16-24(34-3)17-15-23/h4-17H,1-3H3. The molecule has 4 heteroatoms. The minimum atomic E-state index is -0.105. The molecule has 0 amide bonds. The van der Waals surface area contributed by atoms with Crippen LogP contribution in [0.3, 0.4) is 0 Å². The fourth-order valence-corrected chi connectivity index (χ4v) is 4.80. The van der Waals surface area contributed by atoms with Gasteiger partial charge in [0.15, 0.2) is 5.78 Å². The van der Waals surface area contributed by atoms with E-state index < -0.39 is 0 Å². The molecule has 0 saturated heterocycles. The molecule has 0 unspecified atom stereocenters. The molecule has 0 aliphatic rings. The van der Waals surface area contributed by atoms with Gasteiger partial charge in [-0.15, -0.1) is 0 Å². The Morgan fingerprint density at radius 2 is 1.34 bits per heavy atom. The highest BCUT2D eigenvalue weighted by Gasteiger charge is 2.29. The van der Waals surface area contributed by atoms with Crippen LogP contribution in [0.4, 0.5) is 0 Å². The predicted molar refractivity (Wildman–Crippen MR) is 139 cm³/mol. The highest BCUT2D eigenvalue weighted by atomic mass is 16.5. The van der Waals surface area contributed by atoms with Crippen molar-refractivity contribution in [3.63, 3.8) is 0 Å². The molecule has 4 aromatic carbocycles. The molecule has 170 valence electrons. The van der Waals surface area contributed by atoms with Crippen LogP contribution in [0.5, 0.6) is 5.75 Å². The second-order valence-electron chi connectivity index (χ2n) is 8.37. The molecule has 0 fully saturated rings. The number of aryl methyl sites for hydroxylation is 1. The van der Waals surface area contributed by atoms with Crippen LogP contribution in [0.2, 0.25) is 0 Å². The van der Waals surface area contributed by atoms with Gasteiger partial charge in [0.1, 0.15) is 23.2 Å². The summed E-state index contributed by atoms with van der Waals surface area (Å²) in [4.78, 5) is 12.9. The fraction of sp³-hybridized carbons (Fsp3) is 0.0968. The maximum absolute atomic E-state index is 12.9. The number of carbonyl (C=O) groups excluding carboxylic acids is 1. The third-order valence-corrected chi connectivity index (χ3v) is 6.28. The highest BCUT2D eigenvalue weighted by molar-refractivity contribution is 6.19. The summed E-state index contributed by atoms with van der Waals surface area (Å²) in [5, 5.41) is 11.3. The third kappa shape index (κ3) is 3.68. The van der Waals surface area contributed by atoms with Crippen LogP contribution in [0.25, 0.3) is 44.3 Å². The maximum atomic E-state index is 12.9. The van der Waals surface area contributed by atoms with Gasteiger partial charge < -0.3 is 9.15 Å². The van der Waals surface area contributed by atoms with Crippen LogP contribution in [-0.4, -0.2) is 12.9 Å². The number of nitriles is 1. The zero-order valence-electron chi connectivity index (χ0n) is 19.8. The Morgan fingerprint density at radius 3 is 1.86 bits per heavy atom. The molecular formula is C31H23NO3. The van der Waals surface area contributed by atoms with Crippen molar-refractivity contribution in [2.75, 3.05) is 7.11 Å². The number of fused-ring (bicyclic) bond motifs is 1. The number of rotatable bonds is 5. The first-order valence-electron chi connectivity index (χ1n) is 11.3. The van der Waals surface area contributed by atoms with Gasteiger partial charge in [0.05, 0.1) is 18.2 Å². The van der Waals surface area contributed by atoms with Gasteiger partial charge in [-0.3, -0.25) is 4.79 Å². The number of hydrogen-bond donors (Lipinski definition) is 0. The first-order chi connectivity index (χ1) is 17.0. The Kier molecular flexibility index (Phi) is 5.68. The predicted octanol–water partition coefficient (Wildman–Crippen LogP) is 7.83. The Morgan fingerprint density at radius 1 is 0.800 bits per heavy atom. The molecule has 0 atom stereocenters. The lowest BCUT2D eigenvalue weighted by Gasteiger charge is -2.18. The third-order valence-electron chi connectivity index (χ3n) is 6.28. The van der Waals surface area contributed by atoms with Crippen molar-refractivity contribution in [3.05, 3.63) is 102 Å². The summed E-state index contributed by atoms with van der Waals surface area (Å²) >= 11 is 0. The molecule has 5 rings (SSSR count). The van der Waals surface area contributed by atoms with Crippen LogP contribution in [0, 0.1) is 18.3 Å². The van der Waals surface area contributed by atoms with E-state index in [0.29, 0.717) is 39.2 Å². The normalized spacial score (nSPS) is 10.8. The Hall–Kier alpha value is -4.62. The second kappa shape index (κ2) is 8.96. The minimum absolute atomic E-state index is 0.105. The maximum Gasteiger partial charge on any atom is 0.163 e. The molecule has 0 aliphatic heterocycles. The molecule has 35 heavy (non-hydrogen) atoms. The Balaban J connectivity index is 2.05. The fourth-order valence-electron chi connectivity index (χ4n) is 4.80. The summed E-state index contributed by atoms with van der Waals surface area (Å²) in [5.41, 5.74) is 6.49. The number of Topliss-reactive ketones (excluding diaryl/α,β-unsaturated/α-hetero) is 1. The summed E-state index contributed by atoms with van der Waals surface area (Å²) in [6, 6.07) is 29.7. The van der Waals surface area contributed by atoms with Gasteiger partial charge in [-0.05, 0) is 42.7 Å². The smallest absolute Gasteiger partial charge is 0.163 e. The molecule has 0 saturated carbocycles. The van der Waals surface area contributed by atoms with Crippen molar-refractivity contribution >= 4 is 16.8 Å². The van der Waals surface area contributed by atoms with Crippen LogP contribution < -0.4 is 4.74 Å². The van der Waals surface area contributed by atoms with E-state index in [9.17, 15) is 10.1 Å². The average Bonchev–Trinajstić information content (AvgIpc) is 3.24. The van der Waals surface area contributed by atoms with Crippen molar-refractivity contribution < 1.29 is 13.9 Å². The summed E-state index contributed by atoms with van der Waals surface area (Å²) in [6.07, 6.45) is 0. The summed E-state index contributed by atoms with van der Waals surface area (Å²) in [6.45, 7) is 3.34. The van der Waals surface area contributed by atoms with Crippen molar-refractivity contribution in [3.8, 4) is 45.2 Å². The van der Waals surface area contributed by atoms with Gasteiger partial charge >= 0.3 is 0 Å². The lowest BCUT2D eigenvalue weighted by molar-refractivity contribution is 0.101. The Bertz CT molecular complexity index is 1590. The van der Waals surface area contributed by atoms with E-state index in [1.54, 1.807) is 14.0 Å². The van der Waals surface area contributed by atoms with E-state index in [1.807, 2.05) is 84.9 Å². The lowest BCUT2D eigenvalue weighted by atomic mass is 9.82. The second-order valence-corrected chi connectivity index (χ2v) is 8.37.